The van der Waals surface area contributed by atoms with Crippen molar-refractivity contribution in [2.45, 2.75) is 13.0 Å². The molecule has 3 nitrogen and oxygen atoms in total. The maximum atomic E-state index is 13.5. The van der Waals surface area contributed by atoms with Crippen LogP contribution in [0.3, 0.4) is 0 Å². The Hall–Kier alpha value is -2.69. The molecule has 3 aromatic rings. The van der Waals surface area contributed by atoms with E-state index < -0.39 is 23.1 Å². The summed E-state index contributed by atoms with van der Waals surface area (Å²) in [4.78, 5) is 11.9. The van der Waals surface area contributed by atoms with Gasteiger partial charge in [-0.3, -0.25) is 4.79 Å². The van der Waals surface area contributed by atoms with Gasteiger partial charge in [0, 0.05) is 24.8 Å². The Morgan fingerprint density at radius 2 is 1.74 bits per heavy atom. The second kappa shape index (κ2) is 6.60. The van der Waals surface area contributed by atoms with E-state index in [-0.39, 0.29) is 0 Å². The van der Waals surface area contributed by atoms with Crippen LogP contribution < -0.4 is 5.32 Å². The molecule has 0 aliphatic rings. The Labute approximate surface area is 132 Å². The smallest absolute Gasteiger partial charge is 0.257 e. The summed E-state index contributed by atoms with van der Waals surface area (Å²) in [7, 11) is 0. The van der Waals surface area contributed by atoms with Crippen molar-refractivity contribution in [1.29, 1.82) is 0 Å². The van der Waals surface area contributed by atoms with Crippen molar-refractivity contribution in [2.75, 3.05) is 6.54 Å². The van der Waals surface area contributed by atoms with Crippen LogP contribution in [0, 0.1) is 11.6 Å². The van der Waals surface area contributed by atoms with Crippen molar-refractivity contribution in [2.24, 2.45) is 0 Å². The number of carbonyl (C=O) groups excluding carboxylic acids is 1. The van der Waals surface area contributed by atoms with E-state index in [0.29, 0.717) is 19.5 Å². The van der Waals surface area contributed by atoms with Crippen molar-refractivity contribution in [3.05, 3.63) is 71.9 Å². The van der Waals surface area contributed by atoms with E-state index in [0.717, 1.165) is 23.0 Å². The Morgan fingerprint density at radius 3 is 2.52 bits per heavy atom. The molecule has 0 unspecified atom stereocenters. The van der Waals surface area contributed by atoms with Gasteiger partial charge in [0.15, 0.2) is 0 Å². The number of aromatic nitrogens is 1. The molecule has 1 amide bonds. The normalized spacial score (nSPS) is 10.9. The maximum Gasteiger partial charge on any atom is 0.257 e. The molecule has 3 rings (SSSR count). The van der Waals surface area contributed by atoms with Crippen LogP contribution in [0.4, 0.5) is 8.78 Å². The topological polar surface area (TPSA) is 34.0 Å². The number of nitrogens with zero attached hydrogens (tertiary/aromatic N) is 1. The van der Waals surface area contributed by atoms with Crippen molar-refractivity contribution in [3.63, 3.8) is 0 Å². The van der Waals surface area contributed by atoms with E-state index in [1.54, 1.807) is 0 Å². The molecule has 118 valence electrons. The number of halogens is 2. The Bertz CT molecular complexity index is 822. The fraction of sp³-hybridized carbons (Fsp3) is 0.167. The number of para-hydroxylation sites is 1. The van der Waals surface area contributed by atoms with Crippen molar-refractivity contribution in [1.82, 2.24) is 9.88 Å². The zero-order valence-electron chi connectivity index (χ0n) is 12.4. The van der Waals surface area contributed by atoms with E-state index in [1.165, 1.54) is 6.07 Å². The standard InChI is InChI=1S/C18H16F2N2O/c19-14-6-3-7-15(20)17(14)18(23)21-10-4-11-22-12-9-13-5-1-2-8-16(13)22/h1-3,5-9,12H,4,10-11H2,(H,21,23). The van der Waals surface area contributed by atoms with Crippen LogP contribution in [0.1, 0.15) is 16.8 Å². The predicted octanol–water partition coefficient (Wildman–Crippen LogP) is 3.74. The molecule has 23 heavy (non-hydrogen) atoms. The van der Waals surface area contributed by atoms with Crippen LogP contribution in [-0.2, 0) is 6.54 Å². The van der Waals surface area contributed by atoms with Gasteiger partial charge in [0.2, 0.25) is 0 Å². The number of hydrogen-bond acceptors (Lipinski definition) is 1. The van der Waals surface area contributed by atoms with E-state index in [4.69, 9.17) is 0 Å². The van der Waals surface area contributed by atoms with Gasteiger partial charge in [-0.2, -0.15) is 0 Å². The molecular weight excluding hydrogens is 298 g/mol. The molecule has 0 atom stereocenters. The van der Waals surface area contributed by atoms with Gasteiger partial charge in [0.1, 0.15) is 17.2 Å². The average molecular weight is 314 g/mol. The van der Waals surface area contributed by atoms with E-state index >= 15 is 0 Å². The predicted molar refractivity (Wildman–Crippen MR) is 85.2 cm³/mol. The third kappa shape index (κ3) is 3.23. The highest BCUT2D eigenvalue weighted by Crippen LogP contribution is 2.15. The summed E-state index contributed by atoms with van der Waals surface area (Å²) >= 11 is 0. The molecule has 1 aromatic heterocycles. The summed E-state index contributed by atoms with van der Waals surface area (Å²) < 4.78 is 29.1. The van der Waals surface area contributed by atoms with Gasteiger partial charge in [-0.1, -0.05) is 24.3 Å². The molecule has 0 radical (unpaired) electrons. The Morgan fingerprint density at radius 1 is 1.00 bits per heavy atom. The van der Waals surface area contributed by atoms with Crippen molar-refractivity contribution < 1.29 is 13.6 Å². The monoisotopic (exact) mass is 314 g/mol. The highest BCUT2D eigenvalue weighted by molar-refractivity contribution is 5.94. The third-order valence-corrected chi connectivity index (χ3v) is 3.73. The number of rotatable bonds is 5. The first-order chi connectivity index (χ1) is 11.2. The average Bonchev–Trinajstić information content (AvgIpc) is 2.95. The SMILES string of the molecule is O=C(NCCCn1ccc2ccccc21)c1c(F)cccc1F. The van der Waals surface area contributed by atoms with E-state index in [2.05, 4.69) is 9.88 Å². The molecule has 1 heterocycles. The second-order valence-corrected chi connectivity index (χ2v) is 5.27. The lowest BCUT2D eigenvalue weighted by Gasteiger charge is -2.08. The molecule has 0 bridgehead atoms. The van der Waals surface area contributed by atoms with Crippen LogP contribution >= 0.6 is 0 Å². The van der Waals surface area contributed by atoms with E-state index in [1.807, 2.05) is 36.5 Å². The Balaban J connectivity index is 1.57. The lowest BCUT2D eigenvalue weighted by atomic mass is 10.2. The first kappa shape index (κ1) is 15.2. The van der Waals surface area contributed by atoms with Gasteiger partial charge in [0.25, 0.3) is 5.91 Å². The van der Waals surface area contributed by atoms with Crippen LogP contribution in [0.2, 0.25) is 0 Å². The number of aryl methyl sites for hydroxylation is 1. The van der Waals surface area contributed by atoms with Crippen molar-refractivity contribution >= 4 is 16.8 Å². The number of hydrogen-bond donors (Lipinski definition) is 1. The molecule has 0 saturated carbocycles. The van der Waals surface area contributed by atoms with Gasteiger partial charge < -0.3 is 9.88 Å². The summed E-state index contributed by atoms with van der Waals surface area (Å²) in [6, 6.07) is 13.4. The minimum atomic E-state index is -0.848. The van der Waals surface area contributed by atoms with Crippen LogP contribution in [-0.4, -0.2) is 17.0 Å². The summed E-state index contributed by atoms with van der Waals surface area (Å²) in [5, 5.41) is 3.72. The minimum Gasteiger partial charge on any atom is -0.352 e. The lowest BCUT2D eigenvalue weighted by Crippen LogP contribution is -2.27. The fourth-order valence-corrected chi connectivity index (χ4v) is 2.59. The number of amides is 1. The largest absolute Gasteiger partial charge is 0.352 e. The first-order valence-electron chi connectivity index (χ1n) is 7.43. The molecule has 0 aliphatic carbocycles. The molecule has 0 saturated heterocycles. The first-order valence-corrected chi connectivity index (χ1v) is 7.43. The van der Waals surface area contributed by atoms with Gasteiger partial charge in [-0.05, 0) is 36.1 Å². The third-order valence-electron chi connectivity index (χ3n) is 3.73. The highest BCUT2D eigenvalue weighted by atomic mass is 19.1. The van der Waals surface area contributed by atoms with Gasteiger partial charge >= 0.3 is 0 Å². The number of carbonyl (C=O) groups is 1. The summed E-state index contributed by atoms with van der Waals surface area (Å²) in [6.45, 7) is 1.06. The van der Waals surface area contributed by atoms with Gasteiger partial charge in [-0.25, -0.2) is 8.78 Å². The summed E-state index contributed by atoms with van der Waals surface area (Å²) in [5.41, 5.74) is 0.595. The molecule has 2 aromatic carbocycles. The zero-order valence-corrected chi connectivity index (χ0v) is 12.4. The maximum absolute atomic E-state index is 13.5. The van der Waals surface area contributed by atoms with Crippen LogP contribution in [0.5, 0.6) is 0 Å². The molecule has 0 fully saturated rings. The molecule has 0 spiro atoms. The zero-order chi connectivity index (χ0) is 16.2. The molecule has 5 heteroatoms. The van der Waals surface area contributed by atoms with Crippen LogP contribution in [0.15, 0.2) is 54.7 Å². The summed E-state index contributed by atoms with van der Waals surface area (Å²) in [6.07, 6.45) is 2.66. The molecule has 0 aliphatic heterocycles. The molecular formula is C18H16F2N2O. The quantitative estimate of drug-likeness (QED) is 0.715. The Kier molecular flexibility index (Phi) is 4.37. The highest BCUT2D eigenvalue weighted by Gasteiger charge is 2.16. The number of benzene rings is 2. The van der Waals surface area contributed by atoms with Gasteiger partial charge in [-0.15, -0.1) is 0 Å². The minimum absolute atomic E-state index is 0.346. The lowest BCUT2D eigenvalue weighted by molar-refractivity contribution is 0.0944. The number of nitrogens with one attached hydrogen (secondary N) is 1. The van der Waals surface area contributed by atoms with Gasteiger partial charge in [0.05, 0.1) is 0 Å². The van der Waals surface area contributed by atoms with Crippen LogP contribution in [0.25, 0.3) is 10.9 Å². The molecule has 1 N–H and O–H groups in total. The van der Waals surface area contributed by atoms with E-state index in [9.17, 15) is 13.6 Å². The summed E-state index contributed by atoms with van der Waals surface area (Å²) in [5.74, 6) is -2.42. The second-order valence-electron chi connectivity index (χ2n) is 5.27. The van der Waals surface area contributed by atoms with Crippen molar-refractivity contribution in [3.8, 4) is 0 Å². The fourth-order valence-electron chi connectivity index (χ4n) is 2.59. The number of fused-ring (bicyclic) bond motifs is 1.